The van der Waals surface area contributed by atoms with Crippen LogP contribution in [0.15, 0.2) is 24.5 Å². The van der Waals surface area contributed by atoms with Gasteiger partial charge in [0.25, 0.3) is 0 Å². The maximum Gasteiger partial charge on any atom is 0.179 e. The van der Waals surface area contributed by atoms with Crippen molar-refractivity contribution < 1.29 is 4.79 Å². The van der Waals surface area contributed by atoms with Crippen LogP contribution < -0.4 is 0 Å². The molecule has 0 aliphatic rings. The molecule has 74 valence electrons. The number of hydrogen-bond donors (Lipinski definition) is 1. The van der Waals surface area contributed by atoms with Crippen LogP contribution in [0.1, 0.15) is 10.4 Å². The molecule has 0 atom stereocenters. The average Bonchev–Trinajstić information content (AvgIpc) is 2.60. The molecule has 2 aromatic heterocycles. The number of aromatic amines is 1. The Kier molecular flexibility index (Phi) is 3.49. The summed E-state index contributed by atoms with van der Waals surface area (Å²) in [6, 6.07) is 3.64. The van der Waals surface area contributed by atoms with Crippen molar-refractivity contribution in [2.75, 3.05) is 5.88 Å². The largest absolute Gasteiger partial charge is 0.345 e. The van der Waals surface area contributed by atoms with Gasteiger partial charge in [-0.3, -0.25) is 4.79 Å². The minimum absolute atomic E-state index is 0. The molecule has 0 fully saturated rings. The van der Waals surface area contributed by atoms with E-state index < -0.39 is 0 Å². The number of carbonyl (C=O) groups is 1. The second kappa shape index (κ2) is 4.44. The van der Waals surface area contributed by atoms with Gasteiger partial charge in [-0.15, -0.1) is 24.0 Å². The van der Waals surface area contributed by atoms with Crippen LogP contribution in [0.3, 0.4) is 0 Å². The number of Topliss-reactive ketones (excluding diaryl/α,β-unsaturated/α-hetero) is 1. The van der Waals surface area contributed by atoms with E-state index in [9.17, 15) is 4.79 Å². The van der Waals surface area contributed by atoms with Gasteiger partial charge in [-0.1, -0.05) is 0 Å². The minimum Gasteiger partial charge on any atom is -0.345 e. The first-order chi connectivity index (χ1) is 6.33. The van der Waals surface area contributed by atoms with Crippen LogP contribution >= 0.6 is 24.0 Å². The summed E-state index contributed by atoms with van der Waals surface area (Å²) in [7, 11) is 0. The molecular formula is C9H8Cl2N2O. The summed E-state index contributed by atoms with van der Waals surface area (Å²) in [5.41, 5.74) is 1.33. The van der Waals surface area contributed by atoms with E-state index in [0.29, 0.717) is 5.56 Å². The number of aromatic nitrogens is 2. The van der Waals surface area contributed by atoms with Crippen molar-refractivity contribution in [2.24, 2.45) is 0 Å². The number of rotatable bonds is 2. The van der Waals surface area contributed by atoms with Gasteiger partial charge in [0.05, 0.1) is 5.88 Å². The number of nitrogens with zero attached hydrogens (tertiary/aromatic N) is 1. The predicted octanol–water partition coefficient (Wildman–Crippen LogP) is 2.41. The highest BCUT2D eigenvalue weighted by molar-refractivity contribution is 6.31. The highest BCUT2D eigenvalue weighted by Gasteiger charge is 2.10. The number of halogens is 2. The van der Waals surface area contributed by atoms with Gasteiger partial charge < -0.3 is 4.98 Å². The average molecular weight is 231 g/mol. The van der Waals surface area contributed by atoms with Crippen molar-refractivity contribution in [2.45, 2.75) is 0 Å². The zero-order valence-electron chi connectivity index (χ0n) is 7.16. The Balaban J connectivity index is 0.000000980. The van der Waals surface area contributed by atoms with E-state index in [1.807, 2.05) is 6.07 Å². The lowest BCUT2D eigenvalue weighted by Crippen LogP contribution is -1.98. The molecule has 2 rings (SSSR count). The molecule has 0 spiro atoms. The second-order valence-electron chi connectivity index (χ2n) is 2.66. The molecule has 2 aromatic rings. The Bertz CT molecular complexity index is 453. The van der Waals surface area contributed by atoms with Gasteiger partial charge in [-0.2, -0.15) is 0 Å². The van der Waals surface area contributed by atoms with Crippen molar-refractivity contribution in [1.29, 1.82) is 0 Å². The van der Waals surface area contributed by atoms with Crippen molar-refractivity contribution in [3.8, 4) is 0 Å². The molecule has 0 amide bonds. The van der Waals surface area contributed by atoms with Gasteiger partial charge in [0.15, 0.2) is 5.78 Å². The van der Waals surface area contributed by atoms with Gasteiger partial charge in [0.1, 0.15) is 5.65 Å². The van der Waals surface area contributed by atoms with E-state index in [0.717, 1.165) is 11.0 Å². The first kappa shape index (κ1) is 11.0. The van der Waals surface area contributed by atoms with Crippen molar-refractivity contribution in [3.63, 3.8) is 0 Å². The molecule has 0 saturated heterocycles. The molecule has 1 N–H and O–H groups in total. The van der Waals surface area contributed by atoms with Crippen LogP contribution in [-0.4, -0.2) is 21.6 Å². The first-order valence-corrected chi connectivity index (χ1v) is 4.37. The van der Waals surface area contributed by atoms with Gasteiger partial charge in [0, 0.05) is 23.3 Å². The highest BCUT2D eigenvalue weighted by Crippen LogP contribution is 2.16. The number of alkyl halides is 1. The lowest BCUT2D eigenvalue weighted by molar-refractivity contribution is 0.102. The number of pyridine rings is 1. The topological polar surface area (TPSA) is 45.8 Å². The monoisotopic (exact) mass is 230 g/mol. The molecule has 0 saturated carbocycles. The van der Waals surface area contributed by atoms with Gasteiger partial charge in [0.2, 0.25) is 0 Å². The maximum absolute atomic E-state index is 11.3. The number of nitrogens with one attached hydrogen (secondary N) is 1. The number of H-pyrrole nitrogens is 1. The molecular weight excluding hydrogens is 223 g/mol. The summed E-state index contributed by atoms with van der Waals surface area (Å²) in [5, 5.41) is 0.827. The Morgan fingerprint density at radius 1 is 1.57 bits per heavy atom. The van der Waals surface area contributed by atoms with Gasteiger partial charge >= 0.3 is 0 Å². The lowest BCUT2D eigenvalue weighted by Gasteiger charge is -1.92. The van der Waals surface area contributed by atoms with Crippen molar-refractivity contribution >= 4 is 40.8 Å². The van der Waals surface area contributed by atoms with E-state index in [2.05, 4.69) is 9.97 Å². The fraction of sp³-hybridized carbons (Fsp3) is 0.111. The summed E-state index contributed by atoms with van der Waals surface area (Å²) in [6.07, 6.45) is 3.32. The molecule has 0 aliphatic heterocycles. The second-order valence-corrected chi connectivity index (χ2v) is 2.93. The smallest absolute Gasteiger partial charge is 0.179 e. The van der Waals surface area contributed by atoms with Gasteiger partial charge in [-0.05, 0) is 12.1 Å². The summed E-state index contributed by atoms with van der Waals surface area (Å²) in [4.78, 5) is 18.3. The molecule has 5 heteroatoms. The molecule has 0 aliphatic carbocycles. The SMILES string of the molecule is Cl.O=C(CCl)c1c[nH]c2ncccc12. The zero-order chi connectivity index (χ0) is 9.26. The maximum atomic E-state index is 11.3. The number of fused-ring (bicyclic) bond motifs is 1. The van der Waals surface area contributed by atoms with E-state index in [-0.39, 0.29) is 24.1 Å². The first-order valence-electron chi connectivity index (χ1n) is 3.84. The highest BCUT2D eigenvalue weighted by atomic mass is 35.5. The summed E-state index contributed by atoms with van der Waals surface area (Å²) >= 11 is 5.46. The standard InChI is InChI=1S/C9H7ClN2O.ClH/c10-4-8(13)7-5-12-9-6(7)2-1-3-11-9;/h1-3,5H,4H2,(H,11,12);1H. The lowest BCUT2D eigenvalue weighted by atomic mass is 10.1. The van der Waals surface area contributed by atoms with E-state index >= 15 is 0 Å². The van der Waals surface area contributed by atoms with E-state index in [1.165, 1.54) is 0 Å². The molecule has 3 nitrogen and oxygen atoms in total. The van der Waals surface area contributed by atoms with Gasteiger partial charge in [-0.25, -0.2) is 4.98 Å². The fourth-order valence-corrected chi connectivity index (χ4v) is 1.40. The Morgan fingerprint density at radius 3 is 3.07 bits per heavy atom. The quantitative estimate of drug-likeness (QED) is 0.637. The van der Waals surface area contributed by atoms with Crippen LogP contribution in [0.5, 0.6) is 0 Å². The third-order valence-corrected chi connectivity index (χ3v) is 2.12. The van der Waals surface area contributed by atoms with Crippen LogP contribution in [0.4, 0.5) is 0 Å². The Hall–Kier alpha value is -1.06. The van der Waals surface area contributed by atoms with Crippen LogP contribution in [0, 0.1) is 0 Å². The Morgan fingerprint density at radius 2 is 2.36 bits per heavy atom. The number of carbonyl (C=O) groups excluding carboxylic acids is 1. The van der Waals surface area contributed by atoms with Crippen LogP contribution in [0.2, 0.25) is 0 Å². The van der Waals surface area contributed by atoms with Crippen LogP contribution in [0.25, 0.3) is 11.0 Å². The molecule has 0 aromatic carbocycles. The molecule has 14 heavy (non-hydrogen) atoms. The number of hydrogen-bond acceptors (Lipinski definition) is 2. The molecule has 0 radical (unpaired) electrons. The third kappa shape index (κ3) is 1.74. The molecule has 2 heterocycles. The molecule has 0 bridgehead atoms. The van der Waals surface area contributed by atoms with Crippen molar-refractivity contribution in [3.05, 3.63) is 30.1 Å². The summed E-state index contributed by atoms with van der Waals surface area (Å²) in [5.74, 6) is -0.0807. The molecule has 0 unspecified atom stereocenters. The summed E-state index contributed by atoms with van der Waals surface area (Å²) in [6.45, 7) is 0. The Labute approximate surface area is 91.9 Å². The van der Waals surface area contributed by atoms with E-state index in [1.54, 1.807) is 18.5 Å². The third-order valence-electron chi connectivity index (χ3n) is 1.87. The normalized spacial score (nSPS) is 9.79. The van der Waals surface area contributed by atoms with Crippen molar-refractivity contribution in [1.82, 2.24) is 9.97 Å². The van der Waals surface area contributed by atoms with E-state index in [4.69, 9.17) is 11.6 Å². The predicted molar refractivity (Wildman–Crippen MR) is 58.4 cm³/mol. The zero-order valence-corrected chi connectivity index (χ0v) is 8.73. The van der Waals surface area contributed by atoms with Crippen LogP contribution in [-0.2, 0) is 0 Å². The minimum atomic E-state index is -0.0825. The summed E-state index contributed by atoms with van der Waals surface area (Å²) < 4.78 is 0. The fourth-order valence-electron chi connectivity index (χ4n) is 1.26. The number of ketones is 1.